The standard InChI is InChI=1S/C16H26N2O2/c1-4-9-20-15-7-5-13(6-8-15)10-14(11-17)16(19)18-12(2)3/h5-8,12,14H,4,9-11,17H2,1-3H3,(H,18,19). The zero-order chi connectivity index (χ0) is 15.0. The average molecular weight is 278 g/mol. The quantitative estimate of drug-likeness (QED) is 0.765. The molecule has 0 aromatic heterocycles. The number of hydrogen-bond acceptors (Lipinski definition) is 3. The molecule has 3 N–H and O–H groups in total. The minimum absolute atomic E-state index is 0.0220. The van der Waals surface area contributed by atoms with Gasteiger partial charge in [0, 0.05) is 12.6 Å². The van der Waals surface area contributed by atoms with Crippen LogP contribution in [0.15, 0.2) is 24.3 Å². The number of carbonyl (C=O) groups is 1. The molecule has 1 aromatic carbocycles. The first kappa shape index (κ1) is 16.5. The van der Waals surface area contributed by atoms with E-state index in [2.05, 4.69) is 12.2 Å². The second kappa shape index (κ2) is 8.59. The molecular formula is C16H26N2O2. The van der Waals surface area contributed by atoms with E-state index in [0.717, 1.165) is 24.3 Å². The van der Waals surface area contributed by atoms with Gasteiger partial charge in [-0.2, -0.15) is 0 Å². The van der Waals surface area contributed by atoms with Crippen LogP contribution < -0.4 is 15.8 Å². The summed E-state index contributed by atoms with van der Waals surface area (Å²) in [5.41, 5.74) is 6.81. The van der Waals surface area contributed by atoms with Crippen molar-refractivity contribution in [3.8, 4) is 5.75 Å². The normalized spacial score (nSPS) is 12.2. The maximum absolute atomic E-state index is 12.0. The Kier molecular flexibility index (Phi) is 7.09. The third-order valence-corrected chi connectivity index (χ3v) is 2.96. The molecule has 0 saturated carbocycles. The van der Waals surface area contributed by atoms with Gasteiger partial charge in [-0.05, 0) is 44.4 Å². The number of rotatable bonds is 8. The van der Waals surface area contributed by atoms with Crippen molar-refractivity contribution in [2.45, 2.75) is 39.7 Å². The van der Waals surface area contributed by atoms with Gasteiger partial charge in [-0.25, -0.2) is 0 Å². The lowest BCUT2D eigenvalue weighted by Gasteiger charge is -2.17. The summed E-state index contributed by atoms with van der Waals surface area (Å²) in [6.45, 7) is 7.05. The first-order valence-corrected chi connectivity index (χ1v) is 7.29. The highest BCUT2D eigenvalue weighted by molar-refractivity contribution is 5.79. The lowest BCUT2D eigenvalue weighted by atomic mass is 9.98. The Labute approximate surface area is 121 Å². The van der Waals surface area contributed by atoms with E-state index < -0.39 is 0 Å². The zero-order valence-electron chi connectivity index (χ0n) is 12.7. The van der Waals surface area contributed by atoms with Crippen LogP contribution in [-0.2, 0) is 11.2 Å². The molecule has 1 atom stereocenters. The SMILES string of the molecule is CCCOc1ccc(CC(CN)C(=O)NC(C)C)cc1. The number of amides is 1. The fourth-order valence-electron chi connectivity index (χ4n) is 1.91. The first-order chi connectivity index (χ1) is 9.56. The molecule has 1 aromatic rings. The van der Waals surface area contributed by atoms with Crippen molar-refractivity contribution in [2.24, 2.45) is 11.7 Å². The van der Waals surface area contributed by atoms with Crippen LogP contribution in [0.25, 0.3) is 0 Å². The van der Waals surface area contributed by atoms with Crippen LogP contribution in [0, 0.1) is 5.92 Å². The fourth-order valence-corrected chi connectivity index (χ4v) is 1.91. The molecule has 1 unspecified atom stereocenters. The molecule has 0 saturated heterocycles. The Morgan fingerprint density at radius 3 is 2.45 bits per heavy atom. The Morgan fingerprint density at radius 2 is 1.95 bits per heavy atom. The highest BCUT2D eigenvalue weighted by atomic mass is 16.5. The van der Waals surface area contributed by atoms with Crippen molar-refractivity contribution in [2.75, 3.05) is 13.2 Å². The van der Waals surface area contributed by atoms with E-state index >= 15 is 0 Å². The number of nitrogens with one attached hydrogen (secondary N) is 1. The summed E-state index contributed by atoms with van der Waals surface area (Å²) in [5, 5.41) is 2.91. The second-order valence-corrected chi connectivity index (χ2v) is 5.29. The summed E-state index contributed by atoms with van der Waals surface area (Å²) in [5.74, 6) is 0.708. The molecule has 20 heavy (non-hydrogen) atoms. The first-order valence-electron chi connectivity index (χ1n) is 7.29. The lowest BCUT2D eigenvalue weighted by Crippen LogP contribution is -2.39. The molecule has 0 fully saturated rings. The second-order valence-electron chi connectivity index (χ2n) is 5.29. The molecule has 112 valence electrons. The van der Waals surface area contributed by atoms with E-state index in [1.807, 2.05) is 38.1 Å². The Hall–Kier alpha value is -1.55. The van der Waals surface area contributed by atoms with Crippen LogP contribution in [0.1, 0.15) is 32.8 Å². The van der Waals surface area contributed by atoms with E-state index in [1.165, 1.54) is 0 Å². The van der Waals surface area contributed by atoms with Crippen molar-refractivity contribution < 1.29 is 9.53 Å². The van der Waals surface area contributed by atoms with Gasteiger partial charge in [0.1, 0.15) is 5.75 Å². The van der Waals surface area contributed by atoms with Crippen LogP contribution in [0.4, 0.5) is 0 Å². The van der Waals surface area contributed by atoms with Gasteiger partial charge in [-0.15, -0.1) is 0 Å². The van der Waals surface area contributed by atoms with Crippen LogP contribution in [-0.4, -0.2) is 25.1 Å². The molecular weight excluding hydrogens is 252 g/mol. The van der Waals surface area contributed by atoms with Gasteiger partial charge in [-0.3, -0.25) is 4.79 Å². The maximum atomic E-state index is 12.0. The van der Waals surface area contributed by atoms with Crippen molar-refractivity contribution in [3.05, 3.63) is 29.8 Å². The predicted molar refractivity (Wildman–Crippen MR) is 81.8 cm³/mol. The van der Waals surface area contributed by atoms with Gasteiger partial charge in [0.25, 0.3) is 0 Å². The molecule has 0 aliphatic carbocycles. The smallest absolute Gasteiger partial charge is 0.224 e. The van der Waals surface area contributed by atoms with Gasteiger partial charge in [-0.1, -0.05) is 19.1 Å². The highest BCUT2D eigenvalue weighted by Gasteiger charge is 2.17. The minimum atomic E-state index is -0.181. The highest BCUT2D eigenvalue weighted by Crippen LogP contribution is 2.15. The summed E-state index contributed by atoms with van der Waals surface area (Å²) in [4.78, 5) is 12.0. The number of carbonyl (C=O) groups excluding carboxylic acids is 1. The molecule has 0 aliphatic heterocycles. The summed E-state index contributed by atoms with van der Waals surface area (Å²) in [7, 11) is 0. The van der Waals surface area contributed by atoms with E-state index in [0.29, 0.717) is 13.0 Å². The molecule has 1 amide bonds. The molecule has 0 bridgehead atoms. The monoisotopic (exact) mass is 278 g/mol. The molecule has 1 rings (SSSR count). The predicted octanol–water partition coefficient (Wildman–Crippen LogP) is 2.12. The molecule has 0 spiro atoms. The van der Waals surface area contributed by atoms with Crippen molar-refractivity contribution in [1.29, 1.82) is 0 Å². The van der Waals surface area contributed by atoms with Gasteiger partial charge < -0.3 is 15.8 Å². The Balaban J connectivity index is 2.59. The van der Waals surface area contributed by atoms with Gasteiger partial charge in [0.2, 0.25) is 5.91 Å². The molecule has 4 heteroatoms. The van der Waals surface area contributed by atoms with E-state index in [9.17, 15) is 4.79 Å². The zero-order valence-corrected chi connectivity index (χ0v) is 12.7. The Morgan fingerprint density at radius 1 is 1.30 bits per heavy atom. The van der Waals surface area contributed by atoms with E-state index in [-0.39, 0.29) is 17.9 Å². The van der Waals surface area contributed by atoms with E-state index in [4.69, 9.17) is 10.5 Å². The van der Waals surface area contributed by atoms with Crippen molar-refractivity contribution >= 4 is 5.91 Å². The largest absolute Gasteiger partial charge is 0.494 e. The third kappa shape index (κ3) is 5.61. The third-order valence-electron chi connectivity index (χ3n) is 2.96. The van der Waals surface area contributed by atoms with Crippen molar-refractivity contribution in [3.63, 3.8) is 0 Å². The number of nitrogens with two attached hydrogens (primary N) is 1. The summed E-state index contributed by atoms with van der Waals surface area (Å²) < 4.78 is 5.54. The van der Waals surface area contributed by atoms with Gasteiger partial charge in [0.15, 0.2) is 0 Å². The fraction of sp³-hybridized carbons (Fsp3) is 0.562. The summed E-state index contributed by atoms with van der Waals surface area (Å²) in [6.07, 6.45) is 1.65. The topological polar surface area (TPSA) is 64.3 Å². The minimum Gasteiger partial charge on any atom is -0.494 e. The number of benzene rings is 1. The van der Waals surface area contributed by atoms with Crippen LogP contribution in [0.5, 0.6) is 5.75 Å². The van der Waals surface area contributed by atoms with Gasteiger partial charge >= 0.3 is 0 Å². The van der Waals surface area contributed by atoms with E-state index in [1.54, 1.807) is 0 Å². The van der Waals surface area contributed by atoms with Crippen LogP contribution >= 0.6 is 0 Å². The average Bonchev–Trinajstić information content (AvgIpc) is 2.42. The lowest BCUT2D eigenvalue weighted by molar-refractivity contribution is -0.125. The Bertz CT molecular complexity index is 401. The van der Waals surface area contributed by atoms with Crippen molar-refractivity contribution in [1.82, 2.24) is 5.32 Å². The van der Waals surface area contributed by atoms with Gasteiger partial charge in [0.05, 0.1) is 12.5 Å². The molecule has 0 aliphatic rings. The van der Waals surface area contributed by atoms with Crippen LogP contribution in [0.2, 0.25) is 0 Å². The molecule has 0 radical (unpaired) electrons. The van der Waals surface area contributed by atoms with Crippen LogP contribution in [0.3, 0.4) is 0 Å². The number of hydrogen-bond donors (Lipinski definition) is 2. The summed E-state index contributed by atoms with van der Waals surface area (Å²) in [6, 6.07) is 8.02. The maximum Gasteiger partial charge on any atom is 0.224 e. The summed E-state index contributed by atoms with van der Waals surface area (Å²) >= 11 is 0. The molecule has 4 nitrogen and oxygen atoms in total. The number of ether oxygens (including phenoxy) is 1. The molecule has 0 heterocycles.